The van der Waals surface area contributed by atoms with Crippen LogP contribution in [0, 0.1) is 0 Å². The van der Waals surface area contributed by atoms with Gasteiger partial charge in [-0.3, -0.25) is 20.4 Å². The van der Waals surface area contributed by atoms with E-state index in [-0.39, 0.29) is 12.3 Å². The number of carbonyl (C=O) groups excluding carboxylic acids is 2. The smallest absolute Gasteiger partial charge is 0.273 e. The van der Waals surface area contributed by atoms with Crippen LogP contribution in [0.1, 0.15) is 36.5 Å². The zero-order chi connectivity index (χ0) is 21.2. The predicted molar refractivity (Wildman–Crippen MR) is 117 cm³/mol. The summed E-state index contributed by atoms with van der Waals surface area (Å²) in [5.41, 5.74) is 5.12. The third-order valence-corrected chi connectivity index (χ3v) is 4.69. The third-order valence-electron chi connectivity index (χ3n) is 3.66. The molecule has 2 aromatic rings. The molecule has 0 aromatic heterocycles. The second-order valence-corrected chi connectivity index (χ2v) is 7.78. The molecule has 0 fully saturated rings. The van der Waals surface area contributed by atoms with Gasteiger partial charge in [0.2, 0.25) is 5.91 Å². The van der Waals surface area contributed by atoms with Gasteiger partial charge in [-0.1, -0.05) is 46.1 Å². The van der Waals surface area contributed by atoms with E-state index in [1.165, 1.54) is 0 Å². The molecule has 0 unspecified atom stereocenters. The molecule has 0 radical (unpaired) electrons. The summed E-state index contributed by atoms with van der Waals surface area (Å²) in [5.74, 6) is 0.152. The van der Waals surface area contributed by atoms with Gasteiger partial charge >= 0.3 is 0 Å². The van der Waals surface area contributed by atoms with Gasteiger partial charge in [-0.15, -0.1) is 0 Å². The summed E-state index contributed by atoms with van der Waals surface area (Å²) in [6.45, 7) is 2.76. The minimum atomic E-state index is -0.463. The molecule has 0 bridgehead atoms. The van der Waals surface area contributed by atoms with Crippen molar-refractivity contribution in [2.24, 2.45) is 0 Å². The minimum Gasteiger partial charge on any atom is -0.493 e. The van der Waals surface area contributed by atoms with Crippen molar-refractivity contribution in [1.82, 2.24) is 10.9 Å². The van der Waals surface area contributed by atoms with Crippen molar-refractivity contribution in [2.75, 3.05) is 13.2 Å². The van der Waals surface area contributed by atoms with Crippen molar-refractivity contribution in [1.29, 1.82) is 0 Å². The van der Waals surface area contributed by atoms with Gasteiger partial charge < -0.3 is 9.47 Å². The summed E-state index contributed by atoms with van der Waals surface area (Å²) in [4.78, 5) is 24.3. The lowest BCUT2D eigenvalue weighted by Crippen LogP contribution is -2.41. The third kappa shape index (κ3) is 7.76. The Kier molecular flexibility index (Phi) is 9.57. The lowest BCUT2D eigenvalue weighted by molar-refractivity contribution is -0.122. The van der Waals surface area contributed by atoms with E-state index in [1.807, 2.05) is 6.92 Å². The molecule has 6 nitrogen and oxygen atoms in total. The molecule has 0 aliphatic carbocycles. The van der Waals surface area contributed by atoms with E-state index in [1.54, 1.807) is 36.4 Å². The molecule has 0 atom stereocenters. The maximum absolute atomic E-state index is 12.4. The SMILES string of the molecule is CCCOc1ccc(Br)cc1C(=O)NNC(=O)CCCOc1ccc(Cl)cc1Cl. The van der Waals surface area contributed by atoms with Crippen LogP contribution in [0.5, 0.6) is 11.5 Å². The number of hydrogen-bond acceptors (Lipinski definition) is 4. The standard InChI is InChI=1S/C20H21BrCl2N2O4/c1-2-9-28-17-7-5-13(21)11-15(17)20(27)25-24-19(26)4-3-10-29-18-8-6-14(22)12-16(18)23/h5-8,11-12H,2-4,9-10H2,1H3,(H,24,26)(H,25,27). The van der Waals surface area contributed by atoms with Gasteiger partial charge in [0.25, 0.3) is 5.91 Å². The fourth-order valence-corrected chi connectivity index (χ4v) is 3.11. The molecule has 2 amide bonds. The number of halogens is 3. The first-order valence-electron chi connectivity index (χ1n) is 9.00. The monoisotopic (exact) mass is 502 g/mol. The van der Waals surface area contributed by atoms with Gasteiger partial charge in [0.15, 0.2) is 0 Å². The highest BCUT2D eigenvalue weighted by Gasteiger charge is 2.14. The lowest BCUT2D eigenvalue weighted by Gasteiger charge is -2.12. The summed E-state index contributed by atoms with van der Waals surface area (Å²) < 4.78 is 11.8. The zero-order valence-electron chi connectivity index (χ0n) is 15.8. The van der Waals surface area contributed by atoms with E-state index in [0.717, 1.165) is 10.9 Å². The molecule has 0 heterocycles. The van der Waals surface area contributed by atoms with E-state index in [4.69, 9.17) is 32.7 Å². The highest BCUT2D eigenvalue weighted by Crippen LogP contribution is 2.27. The maximum Gasteiger partial charge on any atom is 0.273 e. The lowest BCUT2D eigenvalue weighted by atomic mass is 10.2. The number of rotatable bonds is 9. The van der Waals surface area contributed by atoms with Crippen molar-refractivity contribution >= 4 is 50.9 Å². The van der Waals surface area contributed by atoms with Crippen LogP contribution >= 0.6 is 39.1 Å². The van der Waals surface area contributed by atoms with Crippen LogP contribution in [-0.2, 0) is 4.79 Å². The van der Waals surface area contributed by atoms with Crippen LogP contribution in [0.3, 0.4) is 0 Å². The second kappa shape index (κ2) is 11.9. The van der Waals surface area contributed by atoms with Crippen molar-refractivity contribution in [3.05, 3.63) is 56.5 Å². The van der Waals surface area contributed by atoms with Crippen molar-refractivity contribution in [2.45, 2.75) is 26.2 Å². The predicted octanol–water partition coefficient (Wildman–Crippen LogP) is 5.16. The summed E-state index contributed by atoms with van der Waals surface area (Å²) in [6, 6.07) is 10.0. The Morgan fingerprint density at radius 3 is 2.45 bits per heavy atom. The van der Waals surface area contributed by atoms with Gasteiger partial charge in [0.05, 0.1) is 23.8 Å². The van der Waals surface area contributed by atoms with Crippen LogP contribution in [0.2, 0.25) is 10.0 Å². The number of hydrogen-bond donors (Lipinski definition) is 2. The van der Waals surface area contributed by atoms with Crippen LogP contribution in [0.25, 0.3) is 0 Å². The summed E-state index contributed by atoms with van der Waals surface area (Å²) in [7, 11) is 0. The molecule has 0 aliphatic heterocycles. The highest BCUT2D eigenvalue weighted by atomic mass is 79.9. The highest BCUT2D eigenvalue weighted by molar-refractivity contribution is 9.10. The van der Waals surface area contributed by atoms with Crippen molar-refractivity contribution in [3.8, 4) is 11.5 Å². The van der Waals surface area contributed by atoms with Gasteiger partial charge in [0.1, 0.15) is 11.5 Å². The van der Waals surface area contributed by atoms with Crippen molar-refractivity contribution < 1.29 is 19.1 Å². The van der Waals surface area contributed by atoms with Gasteiger partial charge in [-0.05, 0) is 49.2 Å². The normalized spacial score (nSPS) is 10.3. The number of ether oxygens (including phenoxy) is 2. The Morgan fingerprint density at radius 1 is 1.00 bits per heavy atom. The maximum atomic E-state index is 12.4. The summed E-state index contributed by atoms with van der Waals surface area (Å²) in [5, 5.41) is 0.926. The van der Waals surface area contributed by atoms with E-state index < -0.39 is 5.91 Å². The van der Waals surface area contributed by atoms with E-state index in [9.17, 15) is 9.59 Å². The summed E-state index contributed by atoms with van der Waals surface area (Å²) >= 11 is 15.2. The number of nitrogens with one attached hydrogen (secondary N) is 2. The molecule has 156 valence electrons. The number of benzene rings is 2. The average Bonchev–Trinajstić information content (AvgIpc) is 2.69. The number of amides is 2. The molecule has 9 heteroatoms. The fourth-order valence-electron chi connectivity index (χ4n) is 2.28. The second-order valence-electron chi connectivity index (χ2n) is 6.02. The molecule has 0 saturated heterocycles. The first-order chi connectivity index (χ1) is 13.9. The molecule has 0 saturated carbocycles. The molecule has 2 aromatic carbocycles. The molecule has 0 aliphatic rings. The van der Waals surface area contributed by atoms with Crippen LogP contribution in [-0.4, -0.2) is 25.0 Å². The van der Waals surface area contributed by atoms with Crippen LogP contribution in [0.15, 0.2) is 40.9 Å². The van der Waals surface area contributed by atoms with Gasteiger partial charge in [-0.2, -0.15) is 0 Å². The minimum absolute atomic E-state index is 0.170. The summed E-state index contributed by atoms with van der Waals surface area (Å²) in [6.07, 6.45) is 1.43. The molecule has 0 spiro atoms. The first kappa shape index (κ1) is 23.3. The molecular weight excluding hydrogens is 483 g/mol. The molecular formula is C20H21BrCl2N2O4. The topological polar surface area (TPSA) is 76.7 Å². The van der Waals surface area contributed by atoms with E-state index in [0.29, 0.717) is 46.7 Å². The van der Waals surface area contributed by atoms with Crippen LogP contribution in [0.4, 0.5) is 0 Å². The first-order valence-corrected chi connectivity index (χ1v) is 10.5. The van der Waals surface area contributed by atoms with Gasteiger partial charge in [-0.25, -0.2) is 0 Å². The van der Waals surface area contributed by atoms with Crippen molar-refractivity contribution in [3.63, 3.8) is 0 Å². The Bertz CT molecular complexity index is 864. The zero-order valence-corrected chi connectivity index (χ0v) is 18.9. The largest absolute Gasteiger partial charge is 0.493 e. The molecule has 2 rings (SSSR count). The Labute approximate surface area is 188 Å². The Balaban J connectivity index is 1.77. The number of hydrazine groups is 1. The average molecular weight is 504 g/mol. The Hall–Kier alpha value is -1.96. The fraction of sp³-hybridized carbons (Fsp3) is 0.300. The van der Waals surface area contributed by atoms with E-state index >= 15 is 0 Å². The van der Waals surface area contributed by atoms with E-state index in [2.05, 4.69) is 26.8 Å². The van der Waals surface area contributed by atoms with Crippen LogP contribution < -0.4 is 20.3 Å². The molecule has 29 heavy (non-hydrogen) atoms. The van der Waals surface area contributed by atoms with Gasteiger partial charge in [0, 0.05) is 15.9 Å². The Morgan fingerprint density at radius 2 is 1.72 bits per heavy atom. The quantitative estimate of drug-likeness (QED) is 0.365. The molecule has 2 N–H and O–H groups in total. The number of carbonyl (C=O) groups is 2.